The van der Waals surface area contributed by atoms with Gasteiger partial charge in [0.15, 0.2) is 5.82 Å². The van der Waals surface area contributed by atoms with Gasteiger partial charge in [0.1, 0.15) is 5.69 Å². The summed E-state index contributed by atoms with van der Waals surface area (Å²) >= 11 is 0. The first-order valence-electron chi connectivity index (χ1n) is 20.9. The molecule has 12 aromatic rings. The number of fused-ring (bicyclic) bond motifs is 6. The molecule has 0 aliphatic heterocycles. The standard InChI is InChI=1S/C57H37N5/c1-4-16-38(17-5-1)49-37-50(59-57(58-49)43-32-34-45(35-33-43)61-51-26-14-12-24-47(51)48-25-13-15-27-52(48)61)39-28-30-41(31-29-39)54-55(42-20-8-3-9-21-42)60-62-53(40-18-6-2-7-19-40)36-44-22-10-11-23-46(44)56(54)62/h1-37H. The van der Waals surface area contributed by atoms with Crippen molar-refractivity contribution in [1.29, 1.82) is 0 Å². The number of nitrogens with zero attached hydrogens (tertiary/aromatic N) is 5. The van der Waals surface area contributed by atoms with Crippen molar-refractivity contribution in [2.24, 2.45) is 0 Å². The topological polar surface area (TPSA) is 48.0 Å². The Morgan fingerprint density at radius 2 is 0.839 bits per heavy atom. The van der Waals surface area contributed by atoms with Crippen molar-refractivity contribution in [2.45, 2.75) is 0 Å². The number of hydrogen-bond donors (Lipinski definition) is 0. The molecular weight excluding hydrogens is 755 g/mol. The van der Waals surface area contributed by atoms with Crippen LogP contribution < -0.4 is 0 Å². The van der Waals surface area contributed by atoms with Crippen molar-refractivity contribution >= 4 is 38.1 Å². The molecule has 0 amide bonds. The third-order valence-electron chi connectivity index (χ3n) is 12.0. The van der Waals surface area contributed by atoms with E-state index in [1.54, 1.807) is 0 Å². The summed E-state index contributed by atoms with van der Waals surface area (Å²) in [5.41, 5.74) is 15.6. The van der Waals surface area contributed by atoms with Crippen molar-refractivity contribution in [3.63, 3.8) is 0 Å². The van der Waals surface area contributed by atoms with Crippen LogP contribution in [0.4, 0.5) is 0 Å². The van der Waals surface area contributed by atoms with Gasteiger partial charge in [-0.3, -0.25) is 0 Å². The second-order valence-corrected chi connectivity index (χ2v) is 15.7. The number of hydrogen-bond acceptors (Lipinski definition) is 3. The van der Waals surface area contributed by atoms with Crippen LogP contribution in [0.1, 0.15) is 0 Å². The molecule has 0 N–H and O–H groups in total. The third-order valence-corrected chi connectivity index (χ3v) is 12.0. The van der Waals surface area contributed by atoms with E-state index >= 15 is 0 Å². The van der Waals surface area contributed by atoms with Gasteiger partial charge in [-0.1, -0.05) is 176 Å². The van der Waals surface area contributed by atoms with Crippen molar-refractivity contribution in [1.82, 2.24) is 24.1 Å². The van der Waals surface area contributed by atoms with E-state index in [0.717, 1.165) is 78.3 Å². The quantitative estimate of drug-likeness (QED) is 0.162. The number of benzene rings is 8. The highest BCUT2D eigenvalue weighted by Crippen LogP contribution is 2.42. The average molecular weight is 792 g/mol. The summed E-state index contributed by atoms with van der Waals surface area (Å²) < 4.78 is 4.47. The summed E-state index contributed by atoms with van der Waals surface area (Å²) in [6.45, 7) is 0. The number of aromatic nitrogens is 5. The van der Waals surface area contributed by atoms with Crippen LogP contribution in [-0.4, -0.2) is 24.1 Å². The van der Waals surface area contributed by atoms with E-state index in [-0.39, 0.29) is 0 Å². The van der Waals surface area contributed by atoms with Crippen LogP contribution in [0.15, 0.2) is 224 Å². The highest BCUT2D eigenvalue weighted by atomic mass is 15.2. The van der Waals surface area contributed by atoms with E-state index in [0.29, 0.717) is 5.82 Å². The molecule has 0 bridgehead atoms. The van der Waals surface area contributed by atoms with E-state index in [1.165, 1.54) is 27.2 Å². The normalized spacial score (nSPS) is 11.5. The number of rotatable bonds is 7. The number of para-hydroxylation sites is 2. The fraction of sp³-hybridized carbons (Fsp3) is 0. The first-order valence-corrected chi connectivity index (χ1v) is 20.9. The summed E-state index contributed by atoms with van der Waals surface area (Å²) in [6, 6.07) is 79.0. The lowest BCUT2D eigenvalue weighted by atomic mass is 9.95. The van der Waals surface area contributed by atoms with Crippen molar-refractivity contribution in [3.8, 4) is 73.2 Å². The van der Waals surface area contributed by atoms with Gasteiger partial charge < -0.3 is 4.57 Å². The van der Waals surface area contributed by atoms with Crippen molar-refractivity contribution < 1.29 is 0 Å². The molecule has 5 nitrogen and oxygen atoms in total. The van der Waals surface area contributed by atoms with Crippen LogP contribution in [0.25, 0.3) is 111 Å². The van der Waals surface area contributed by atoms with Crippen LogP contribution >= 0.6 is 0 Å². The second kappa shape index (κ2) is 14.7. The summed E-state index contributed by atoms with van der Waals surface area (Å²) in [7, 11) is 0. The van der Waals surface area contributed by atoms with Gasteiger partial charge in [-0.15, -0.1) is 0 Å². The lowest BCUT2D eigenvalue weighted by Gasteiger charge is -2.12. The summed E-state index contributed by atoms with van der Waals surface area (Å²) in [5.74, 6) is 0.674. The summed E-state index contributed by atoms with van der Waals surface area (Å²) in [5, 5.41) is 10.2. The minimum Gasteiger partial charge on any atom is -0.309 e. The van der Waals surface area contributed by atoms with E-state index in [4.69, 9.17) is 15.1 Å². The van der Waals surface area contributed by atoms with E-state index in [1.807, 2.05) is 6.07 Å². The smallest absolute Gasteiger partial charge is 0.160 e. The number of pyridine rings is 1. The molecule has 0 radical (unpaired) electrons. The Hall–Kier alpha value is -8.41. The van der Waals surface area contributed by atoms with Crippen LogP contribution in [0.2, 0.25) is 0 Å². The maximum Gasteiger partial charge on any atom is 0.160 e. The van der Waals surface area contributed by atoms with Crippen molar-refractivity contribution in [2.75, 3.05) is 0 Å². The Morgan fingerprint density at radius 3 is 1.47 bits per heavy atom. The largest absolute Gasteiger partial charge is 0.309 e. The Bertz CT molecular complexity index is 3540. The SMILES string of the molecule is c1ccc(-c2cc(-c3ccc(-c4c(-c5ccccc5)nn5c(-c6ccccc6)cc6ccccc6c45)cc3)nc(-c3ccc(-n4c5ccccc5c5ccccc54)cc3)n2)cc1. The molecule has 0 aliphatic rings. The predicted molar refractivity (Wildman–Crippen MR) is 255 cm³/mol. The molecular formula is C57H37N5. The Morgan fingerprint density at radius 1 is 0.355 bits per heavy atom. The minimum atomic E-state index is 0.674. The van der Waals surface area contributed by atoms with Crippen LogP contribution in [-0.2, 0) is 0 Å². The summed E-state index contributed by atoms with van der Waals surface area (Å²) in [6.07, 6.45) is 0. The van der Waals surface area contributed by atoms with E-state index in [2.05, 4.69) is 227 Å². The molecule has 4 heterocycles. The molecule has 0 saturated heterocycles. The Balaban J connectivity index is 0.995. The van der Waals surface area contributed by atoms with Crippen LogP contribution in [0.3, 0.4) is 0 Å². The van der Waals surface area contributed by atoms with Crippen molar-refractivity contribution in [3.05, 3.63) is 224 Å². The molecule has 4 aromatic heterocycles. The molecule has 0 saturated carbocycles. The maximum absolute atomic E-state index is 5.40. The van der Waals surface area contributed by atoms with Gasteiger partial charge >= 0.3 is 0 Å². The second-order valence-electron chi connectivity index (χ2n) is 15.7. The van der Waals surface area contributed by atoms with E-state index in [9.17, 15) is 0 Å². The lowest BCUT2D eigenvalue weighted by Crippen LogP contribution is -1.97. The molecule has 62 heavy (non-hydrogen) atoms. The molecule has 8 aromatic carbocycles. The Kier molecular flexibility index (Phi) is 8.42. The van der Waals surface area contributed by atoms with Crippen LogP contribution in [0.5, 0.6) is 0 Å². The third kappa shape index (κ3) is 5.98. The minimum absolute atomic E-state index is 0.674. The Labute approximate surface area is 358 Å². The predicted octanol–water partition coefficient (Wildman–Crippen LogP) is 14.4. The monoisotopic (exact) mass is 791 g/mol. The molecule has 0 unspecified atom stereocenters. The highest BCUT2D eigenvalue weighted by Gasteiger charge is 2.22. The summed E-state index contributed by atoms with van der Waals surface area (Å²) in [4.78, 5) is 10.4. The van der Waals surface area contributed by atoms with Gasteiger partial charge in [0.2, 0.25) is 0 Å². The van der Waals surface area contributed by atoms with Gasteiger partial charge in [-0.25, -0.2) is 14.5 Å². The molecule has 5 heteroatoms. The molecule has 0 aliphatic carbocycles. The zero-order chi connectivity index (χ0) is 41.0. The fourth-order valence-corrected chi connectivity index (χ4v) is 9.02. The van der Waals surface area contributed by atoms with Crippen LogP contribution in [0, 0.1) is 0 Å². The fourth-order valence-electron chi connectivity index (χ4n) is 9.02. The maximum atomic E-state index is 5.40. The molecule has 12 rings (SSSR count). The van der Waals surface area contributed by atoms with Gasteiger partial charge in [0.05, 0.1) is 33.6 Å². The average Bonchev–Trinajstić information content (AvgIpc) is 3.92. The molecule has 290 valence electrons. The zero-order valence-corrected chi connectivity index (χ0v) is 33.6. The molecule has 0 spiro atoms. The van der Waals surface area contributed by atoms with Gasteiger partial charge in [0.25, 0.3) is 0 Å². The highest BCUT2D eigenvalue weighted by molar-refractivity contribution is 6.10. The van der Waals surface area contributed by atoms with Gasteiger partial charge in [-0.2, -0.15) is 5.10 Å². The van der Waals surface area contributed by atoms with Gasteiger partial charge in [0, 0.05) is 55.2 Å². The first kappa shape index (κ1) is 35.5. The van der Waals surface area contributed by atoms with Gasteiger partial charge in [-0.05, 0) is 59.5 Å². The molecule has 0 atom stereocenters. The lowest BCUT2D eigenvalue weighted by molar-refractivity contribution is 0.979. The zero-order valence-electron chi connectivity index (χ0n) is 33.6. The first-order chi connectivity index (χ1) is 30.7. The molecule has 0 fully saturated rings. The van der Waals surface area contributed by atoms with E-state index < -0.39 is 0 Å².